The molecule has 0 spiro atoms. The first-order valence-corrected chi connectivity index (χ1v) is 3.67. The zero-order chi connectivity index (χ0) is 8.81. The lowest BCUT2D eigenvalue weighted by atomic mass is 10.2. The van der Waals surface area contributed by atoms with E-state index < -0.39 is 0 Å². The van der Waals surface area contributed by atoms with Crippen LogP contribution in [-0.2, 0) is 11.3 Å². The van der Waals surface area contributed by atoms with Crippen molar-refractivity contribution in [3.05, 3.63) is 48.7 Å². The van der Waals surface area contributed by atoms with Crippen LogP contribution in [0.25, 0.3) is 0 Å². The van der Waals surface area contributed by atoms with Crippen molar-refractivity contribution in [3.63, 3.8) is 0 Å². The van der Waals surface area contributed by atoms with Gasteiger partial charge in [0.25, 0.3) is 0 Å². The Morgan fingerprint density at radius 1 is 1.42 bits per heavy atom. The molecule has 61 valence electrons. The summed E-state index contributed by atoms with van der Waals surface area (Å²) in [5.41, 5.74) is 1.07. The standard InChI is InChI=1S/C10H10NO/c1-2-11(9-12)8-10-6-4-3-5-7-10/h2-7H,1,8H2. The van der Waals surface area contributed by atoms with Gasteiger partial charge in [0.15, 0.2) is 0 Å². The van der Waals surface area contributed by atoms with Crippen molar-refractivity contribution in [2.45, 2.75) is 6.54 Å². The summed E-state index contributed by atoms with van der Waals surface area (Å²) in [5, 5.41) is 0. The van der Waals surface area contributed by atoms with E-state index >= 15 is 0 Å². The van der Waals surface area contributed by atoms with Crippen LogP contribution in [0.2, 0.25) is 0 Å². The summed E-state index contributed by atoms with van der Waals surface area (Å²) in [6, 6.07) is 9.71. The molecular weight excluding hydrogens is 150 g/mol. The van der Waals surface area contributed by atoms with Crippen LogP contribution in [0.5, 0.6) is 0 Å². The van der Waals surface area contributed by atoms with Crippen molar-refractivity contribution in [2.75, 3.05) is 0 Å². The molecule has 0 aromatic heterocycles. The average molecular weight is 160 g/mol. The lowest BCUT2D eigenvalue weighted by Crippen LogP contribution is -2.13. The van der Waals surface area contributed by atoms with E-state index in [-0.39, 0.29) is 0 Å². The van der Waals surface area contributed by atoms with E-state index in [4.69, 9.17) is 0 Å². The van der Waals surface area contributed by atoms with Crippen LogP contribution in [0.1, 0.15) is 5.56 Å². The summed E-state index contributed by atoms with van der Waals surface area (Å²) >= 11 is 0. The van der Waals surface area contributed by atoms with Gasteiger partial charge in [0, 0.05) is 6.20 Å². The summed E-state index contributed by atoms with van der Waals surface area (Å²) in [6.07, 6.45) is 3.22. The van der Waals surface area contributed by atoms with Crippen molar-refractivity contribution in [1.82, 2.24) is 4.90 Å². The van der Waals surface area contributed by atoms with Gasteiger partial charge in [-0.3, -0.25) is 4.79 Å². The van der Waals surface area contributed by atoms with E-state index in [0.717, 1.165) is 5.56 Å². The first kappa shape index (κ1) is 8.53. The molecule has 12 heavy (non-hydrogen) atoms. The van der Waals surface area contributed by atoms with Crippen LogP contribution in [0.4, 0.5) is 0 Å². The van der Waals surface area contributed by atoms with Gasteiger partial charge in [-0.2, -0.15) is 0 Å². The zero-order valence-electron chi connectivity index (χ0n) is 6.73. The molecule has 1 rings (SSSR count). The summed E-state index contributed by atoms with van der Waals surface area (Å²) in [7, 11) is 0. The Kier molecular flexibility index (Phi) is 3.08. The quantitative estimate of drug-likeness (QED) is 0.614. The van der Waals surface area contributed by atoms with Crippen LogP contribution in [0.15, 0.2) is 43.1 Å². The van der Waals surface area contributed by atoms with Gasteiger partial charge in [-0.05, 0) is 5.56 Å². The summed E-state index contributed by atoms with van der Waals surface area (Å²) in [4.78, 5) is 11.6. The molecule has 0 unspecified atom stereocenters. The predicted octanol–water partition coefficient (Wildman–Crippen LogP) is 1.70. The molecule has 0 aliphatic carbocycles. The molecule has 2 heteroatoms. The second-order valence-corrected chi connectivity index (χ2v) is 2.39. The first-order chi connectivity index (χ1) is 5.86. The number of amides is 1. The minimum absolute atomic E-state index is 0.536. The highest BCUT2D eigenvalue weighted by Gasteiger charge is 1.97. The van der Waals surface area contributed by atoms with E-state index in [1.807, 2.05) is 30.3 Å². The molecule has 2 nitrogen and oxygen atoms in total. The SMILES string of the molecule is C=CN([C]=O)Cc1ccccc1. The van der Waals surface area contributed by atoms with E-state index in [1.54, 1.807) is 6.41 Å². The molecule has 0 aliphatic heterocycles. The minimum atomic E-state index is 0.536. The Morgan fingerprint density at radius 3 is 2.58 bits per heavy atom. The Morgan fingerprint density at radius 2 is 2.08 bits per heavy atom. The Hall–Kier alpha value is -1.57. The maximum absolute atomic E-state index is 10.3. The molecular formula is C10H10NO. The number of hydrogen-bond donors (Lipinski definition) is 0. The van der Waals surface area contributed by atoms with Crippen LogP contribution in [0, 0.1) is 0 Å². The highest BCUT2D eigenvalue weighted by atomic mass is 16.1. The number of hydrogen-bond acceptors (Lipinski definition) is 1. The highest BCUT2D eigenvalue weighted by Crippen LogP contribution is 2.01. The van der Waals surface area contributed by atoms with Crippen molar-refractivity contribution >= 4 is 6.41 Å². The molecule has 0 aliphatic rings. The second-order valence-electron chi connectivity index (χ2n) is 2.39. The number of benzene rings is 1. The van der Waals surface area contributed by atoms with Gasteiger partial charge in [-0.25, -0.2) is 0 Å². The van der Waals surface area contributed by atoms with E-state index in [0.29, 0.717) is 6.54 Å². The van der Waals surface area contributed by atoms with Gasteiger partial charge < -0.3 is 4.90 Å². The highest BCUT2D eigenvalue weighted by molar-refractivity contribution is 5.50. The van der Waals surface area contributed by atoms with Gasteiger partial charge in [0.05, 0.1) is 6.54 Å². The minimum Gasteiger partial charge on any atom is -0.307 e. The van der Waals surface area contributed by atoms with Crippen LogP contribution >= 0.6 is 0 Å². The maximum Gasteiger partial charge on any atom is 0.316 e. The lowest BCUT2D eigenvalue weighted by Gasteiger charge is -2.09. The molecule has 0 N–H and O–H groups in total. The molecule has 1 amide bonds. The largest absolute Gasteiger partial charge is 0.316 e. The van der Waals surface area contributed by atoms with E-state index in [1.165, 1.54) is 11.1 Å². The van der Waals surface area contributed by atoms with Gasteiger partial charge in [-0.1, -0.05) is 36.9 Å². The second kappa shape index (κ2) is 4.34. The van der Waals surface area contributed by atoms with Gasteiger partial charge in [0.2, 0.25) is 0 Å². The zero-order valence-corrected chi connectivity index (χ0v) is 6.73. The van der Waals surface area contributed by atoms with Gasteiger partial charge >= 0.3 is 6.41 Å². The molecule has 0 saturated carbocycles. The third-order valence-electron chi connectivity index (χ3n) is 1.53. The molecule has 0 bridgehead atoms. The fraction of sp³-hybridized carbons (Fsp3) is 0.100. The molecule has 0 atom stereocenters. The van der Waals surface area contributed by atoms with E-state index in [2.05, 4.69) is 6.58 Å². The van der Waals surface area contributed by atoms with Crippen LogP contribution in [0.3, 0.4) is 0 Å². The third kappa shape index (κ3) is 2.23. The van der Waals surface area contributed by atoms with Gasteiger partial charge in [-0.15, -0.1) is 0 Å². The first-order valence-electron chi connectivity index (χ1n) is 3.67. The normalized spacial score (nSPS) is 9.00. The third-order valence-corrected chi connectivity index (χ3v) is 1.53. The van der Waals surface area contributed by atoms with Crippen molar-refractivity contribution in [1.29, 1.82) is 0 Å². The Balaban J connectivity index is 2.62. The monoisotopic (exact) mass is 160 g/mol. The average Bonchev–Trinajstić information content (AvgIpc) is 2.16. The molecule has 0 fully saturated rings. The topological polar surface area (TPSA) is 20.3 Å². The summed E-state index contributed by atoms with van der Waals surface area (Å²) in [6.45, 7) is 4.03. The number of rotatable bonds is 4. The summed E-state index contributed by atoms with van der Waals surface area (Å²) < 4.78 is 0. The summed E-state index contributed by atoms with van der Waals surface area (Å²) in [5.74, 6) is 0. The molecule has 1 aromatic carbocycles. The Bertz CT molecular complexity index is 248. The molecule has 0 heterocycles. The smallest absolute Gasteiger partial charge is 0.307 e. The van der Waals surface area contributed by atoms with Gasteiger partial charge in [0.1, 0.15) is 0 Å². The Labute approximate surface area is 72.1 Å². The van der Waals surface area contributed by atoms with Crippen LogP contribution < -0.4 is 0 Å². The lowest BCUT2D eigenvalue weighted by molar-refractivity contribution is 0.459. The van der Waals surface area contributed by atoms with Crippen molar-refractivity contribution < 1.29 is 4.79 Å². The van der Waals surface area contributed by atoms with Crippen molar-refractivity contribution in [3.8, 4) is 0 Å². The fourth-order valence-electron chi connectivity index (χ4n) is 0.914. The van der Waals surface area contributed by atoms with E-state index in [9.17, 15) is 4.79 Å². The molecule has 0 saturated heterocycles. The fourth-order valence-corrected chi connectivity index (χ4v) is 0.914. The molecule has 1 radical (unpaired) electrons. The maximum atomic E-state index is 10.3. The van der Waals surface area contributed by atoms with Crippen molar-refractivity contribution in [2.24, 2.45) is 0 Å². The molecule has 1 aromatic rings. The van der Waals surface area contributed by atoms with Crippen LogP contribution in [-0.4, -0.2) is 11.3 Å². The number of nitrogens with zero attached hydrogens (tertiary/aromatic N) is 1. The predicted molar refractivity (Wildman–Crippen MR) is 47.9 cm³/mol. The number of carbonyl (C=O) groups excluding carboxylic acids is 1.